The van der Waals surface area contributed by atoms with Crippen LogP contribution in [-0.2, 0) is 10.3 Å². The van der Waals surface area contributed by atoms with E-state index in [4.69, 9.17) is 23.8 Å². The molecule has 5 N–H and O–H groups in total. The van der Waals surface area contributed by atoms with E-state index in [-0.39, 0.29) is 10.6 Å². The van der Waals surface area contributed by atoms with Gasteiger partial charge in [0.2, 0.25) is 0 Å². The second-order valence-corrected chi connectivity index (χ2v) is 7.04. The average Bonchev–Trinajstić information content (AvgIpc) is 2.54. The average molecular weight is 367 g/mol. The molecule has 1 aromatic rings. The Morgan fingerprint density at radius 2 is 2.25 bits per heavy atom. The lowest BCUT2D eigenvalue weighted by Crippen LogP contribution is -2.30. The van der Waals surface area contributed by atoms with Crippen molar-refractivity contribution in [2.45, 2.75) is 25.8 Å². The number of rotatable bonds is 4. The molecule has 0 fully saturated rings. The molecule has 1 amide bonds. The molecule has 1 heterocycles. The van der Waals surface area contributed by atoms with Crippen LogP contribution in [-0.4, -0.2) is 27.4 Å². The third kappa shape index (κ3) is 3.90. The summed E-state index contributed by atoms with van der Waals surface area (Å²) < 4.78 is 14.3. The Labute approximate surface area is 149 Å². The molecule has 0 radical (unpaired) electrons. The van der Waals surface area contributed by atoms with Crippen LogP contribution < -0.4 is 16.9 Å². The number of thioether (sulfide) groups is 1. The number of thiocarbonyl (C=S) groups is 1. The fraction of sp³-hybridized carbons (Fsp3) is 0.333. The van der Waals surface area contributed by atoms with Gasteiger partial charge in [-0.2, -0.15) is 5.10 Å². The van der Waals surface area contributed by atoms with Gasteiger partial charge in [-0.25, -0.2) is 4.39 Å². The van der Waals surface area contributed by atoms with Crippen LogP contribution >= 0.6 is 24.0 Å². The van der Waals surface area contributed by atoms with Crippen molar-refractivity contribution in [3.63, 3.8) is 0 Å². The second kappa shape index (κ2) is 7.27. The first-order valence-electron chi connectivity index (χ1n) is 7.15. The van der Waals surface area contributed by atoms with Crippen molar-refractivity contribution >= 4 is 51.3 Å². The van der Waals surface area contributed by atoms with E-state index in [0.29, 0.717) is 22.8 Å². The van der Waals surface area contributed by atoms with Crippen molar-refractivity contribution in [1.82, 2.24) is 0 Å². The maximum atomic E-state index is 14.3. The Kier molecular flexibility index (Phi) is 5.55. The summed E-state index contributed by atoms with van der Waals surface area (Å²) in [6.45, 7) is 3.36. The number of amides is 1. The van der Waals surface area contributed by atoms with Gasteiger partial charge in [-0.05, 0) is 38.5 Å². The molecule has 24 heavy (non-hydrogen) atoms. The zero-order chi connectivity index (χ0) is 17.9. The Morgan fingerprint density at radius 1 is 1.54 bits per heavy atom. The van der Waals surface area contributed by atoms with Gasteiger partial charge in [-0.15, -0.1) is 0 Å². The molecule has 0 aromatic heterocycles. The van der Waals surface area contributed by atoms with Crippen LogP contribution in [0.15, 0.2) is 28.3 Å². The Hall–Kier alpha value is -2.00. The first-order chi connectivity index (χ1) is 11.3. The predicted molar refractivity (Wildman–Crippen MR) is 101 cm³/mol. The number of anilines is 1. The van der Waals surface area contributed by atoms with Crippen LogP contribution in [0.5, 0.6) is 0 Å². The Balaban J connectivity index is 2.31. The van der Waals surface area contributed by atoms with Crippen molar-refractivity contribution in [3.05, 3.63) is 29.6 Å². The summed E-state index contributed by atoms with van der Waals surface area (Å²) in [5, 5.41) is 6.44. The van der Waals surface area contributed by atoms with Gasteiger partial charge in [0.15, 0.2) is 5.17 Å². The molecule has 0 saturated carbocycles. The predicted octanol–water partition coefficient (Wildman–Crippen LogP) is 2.14. The summed E-state index contributed by atoms with van der Waals surface area (Å²) in [6.07, 6.45) is 0.643. The smallest absolute Gasteiger partial charge is 0.268 e. The van der Waals surface area contributed by atoms with Crippen molar-refractivity contribution in [2.75, 3.05) is 11.1 Å². The summed E-state index contributed by atoms with van der Waals surface area (Å²) in [5.74, 6) is 4.94. The molecule has 128 valence electrons. The molecule has 2 rings (SSSR count). The molecule has 9 heteroatoms. The molecule has 0 unspecified atom stereocenters. The molecule has 1 aliphatic rings. The van der Waals surface area contributed by atoms with Gasteiger partial charge in [0.25, 0.3) is 5.91 Å². The van der Waals surface area contributed by atoms with Crippen LogP contribution in [0.3, 0.4) is 0 Å². The first-order valence-corrected chi connectivity index (χ1v) is 8.54. The third-order valence-corrected chi connectivity index (χ3v) is 5.00. The third-order valence-electron chi connectivity index (χ3n) is 3.73. The van der Waals surface area contributed by atoms with E-state index in [9.17, 15) is 9.18 Å². The van der Waals surface area contributed by atoms with Crippen molar-refractivity contribution in [1.29, 1.82) is 0 Å². The van der Waals surface area contributed by atoms with E-state index >= 15 is 0 Å². The molecule has 1 aromatic carbocycles. The molecule has 0 spiro atoms. The van der Waals surface area contributed by atoms with E-state index in [1.165, 1.54) is 30.8 Å². The zero-order valence-electron chi connectivity index (χ0n) is 13.3. The largest absolute Gasteiger partial charge is 0.379 e. The first kappa shape index (κ1) is 18.3. The number of nitrogens with one attached hydrogen (secondary N) is 1. The van der Waals surface area contributed by atoms with Gasteiger partial charge in [0.05, 0.1) is 11.3 Å². The summed E-state index contributed by atoms with van der Waals surface area (Å²) in [7, 11) is 0. The normalized spacial score (nSPS) is 21.1. The maximum Gasteiger partial charge on any atom is 0.268 e. The summed E-state index contributed by atoms with van der Waals surface area (Å²) in [4.78, 5) is 16.4. The van der Waals surface area contributed by atoms with E-state index in [1.807, 2.05) is 6.92 Å². The number of hydrazone groups is 1. The summed E-state index contributed by atoms with van der Waals surface area (Å²) in [6, 6.07) is 4.30. The van der Waals surface area contributed by atoms with E-state index in [0.717, 1.165) is 5.75 Å². The van der Waals surface area contributed by atoms with E-state index in [1.54, 1.807) is 6.07 Å². The van der Waals surface area contributed by atoms with Gasteiger partial charge >= 0.3 is 0 Å². The highest BCUT2D eigenvalue weighted by Gasteiger charge is 2.32. The quantitative estimate of drug-likeness (QED) is 0.327. The zero-order valence-corrected chi connectivity index (χ0v) is 14.9. The van der Waals surface area contributed by atoms with Gasteiger partial charge in [-0.3, -0.25) is 9.79 Å². The van der Waals surface area contributed by atoms with Crippen molar-refractivity contribution in [2.24, 2.45) is 21.7 Å². The minimum Gasteiger partial charge on any atom is -0.379 e. The molecule has 0 bridgehead atoms. The van der Waals surface area contributed by atoms with Gasteiger partial charge in [-0.1, -0.05) is 24.0 Å². The molecule has 1 atom stereocenters. The lowest BCUT2D eigenvalue weighted by Gasteiger charge is -2.30. The number of carbonyl (C=O) groups excluding carboxylic acids is 1. The number of aliphatic imine (C=N–C) groups is 1. The lowest BCUT2D eigenvalue weighted by molar-refractivity contribution is -0.110. The minimum absolute atomic E-state index is 0.0223. The highest BCUT2D eigenvalue weighted by molar-refractivity contribution is 8.13. The number of carbonyl (C=O) groups is 1. The van der Waals surface area contributed by atoms with Crippen LogP contribution in [0, 0.1) is 5.82 Å². The minimum atomic E-state index is -0.769. The fourth-order valence-electron chi connectivity index (χ4n) is 2.31. The standard InChI is InChI=1S/C15H18FN5OS2/c1-8(21-18)12(23)13(22)19-9-3-4-11(16)10(7-9)15(2)5-6-24-14(17)20-15/h3-4,7H,5-6,18H2,1-2H3,(H2,17,20)(H,19,22)/t15-/m0/s1. The number of hydrogen-bond donors (Lipinski definition) is 3. The van der Waals surface area contributed by atoms with Crippen molar-refractivity contribution < 1.29 is 9.18 Å². The topological polar surface area (TPSA) is 106 Å². The molecular formula is C15H18FN5OS2. The van der Waals surface area contributed by atoms with E-state index < -0.39 is 17.3 Å². The van der Waals surface area contributed by atoms with Gasteiger partial charge in [0, 0.05) is 17.0 Å². The number of benzene rings is 1. The Bertz CT molecular complexity index is 749. The molecule has 0 aliphatic carbocycles. The van der Waals surface area contributed by atoms with Gasteiger partial charge in [0.1, 0.15) is 10.7 Å². The number of nitrogens with two attached hydrogens (primary N) is 2. The van der Waals surface area contributed by atoms with Crippen LogP contribution in [0.25, 0.3) is 0 Å². The Morgan fingerprint density at radius 3 is 2.88 bits per heavy atom. The maximum absolute atomic E-state index is 14.3. The lowest BCUT2D eigenvalue weighted by atomic mass is 9.89. The van der Waals surface area contributed by atoms with E-state index in [2.05, 4.69) is 15.4 Å². The van der Waals surface area contributed by atoms with Crippen LogP contribution in [0.1, 0.15) is 25.8 Å². The number of hydrogen-bond acceptors (Lipinski definition) is 7. The fourth-order valence-corrected chi connectivity index (χ4v) is 3.39. The van der Waals surface area contributed by atoms with Crippen molar-refractivity contribution in [3.8, 4) is 0 Å². The van der Waals surface area contributed by atoms with Crippen LogP contribution in [0.2, 0.25) is 0 Å². The van der Waals surface area contributed by atoms with Crippen LogP contribution in [0.4, 0.5) is 10.1 Å². The summed E-state index contributed by atoms with van der Waals surface area (Å²) in [5.41, 5.74) is 6.05. The monoisotopic (exact) mass is 367 g/mol. The molecule has 6 nitrogen and oxygen atoms in total. The number of amidine groups is 1. The molecule has 1 aliphatic heterocycles. The number of halogens is 1. The van der Waals surface area contributed by atoms with Gasteiger partial charge < -0.3 is 16.9 Å². The number of nitrogens with zero attached hydrogens (tertiary/aromatic N) is 2. The highest BCUT2D eigenvalue weighted by Crippen LogP contribution is 2.37. The molecular weight excluding hydrogens is 349 g/mol. The SMILES string of the molecule is CC(=NN)C(=S)C(=O)Nc1ccc(F)c([C@]2(C)CCSC(N)=N2)c1. The highest BCUT2D eigenvalue weighted by atomic mass is 32.2. The molecule has 0 saturated heterocycles. The summed E-state index contributed by atoms with van der Waals surface area (Å²) >= 11 is 6.42. The second-order valence-electron chi connectivity index (χ2n) is 5.51.